The first kappa shape index (κ1) is 23.0. The fraction of sp³-hybridized carbons (Fsp3) is 0.630. The van der Waals surface area contributed by atoms with Crippen LogP contribution in [-0.4, -0.2) is 57.7 Å². The summed E-state index contributed by atoms with van der Waals surface area (Å²) in [7, 11) is 3.83. The van der Waals surface area contributed by atoms with E-state index in [1.165, 1.54) is 31.2 Å². The maximum atomic E-state index is 13.3. The van der Waals surface area contributed by atoms with Crippen molar-refractivity contribution in [1.29, 1.82) is 0 Å². The number of carbonyl (C=O) groups excluding carboxylic acids is 1. The standard InChI is InChI=1S/C27H40N4O/c1-27(2)15-8-11-23(20-27)31-17-12-22(13-18-31)25(19-21-9-6-5-7-10-21)30(4)26(32)24-14-16-29(3)28-24/h5-7,9-10,14,16,22-23,25H,8,11-13,15,17-20H2,1-4H3. The summed E-state index contributed by atoms with van der Waals surface area (Å²) in [5.74, 6) is 0.545. The Balaban J connectivity index is 1.46. The predicted molar refractivity (Wildman–Crippen MR) is 130 cm³/mol. The van der Waals surface area contributed by atoms with E-state index >= 15 is 0 Å². The third-order valence-electron chi connectivity index (χ3n) is 7.85. The van der Waals surface area contributed by atoms with Gasteiger partial charge in [0.25, 0.3) is 5.91 Å². The number of piperidine rings is 1. The predicted octanol–water partition coefficient (Wildman–Crippen LogP) is 4.78. The third-order valence-corrected chi connectivity index (χ3v) is 7.85. The molecule has 2 aliphatic rings. The van der Waals surface area contributed by atoms with Gasteiger partial charge in [-0.15, -0.1) is 0 Å². The molecular formula is C27H40N4O. The molecule has 5 heteroatoms. The number of benzene rings is 1. The van der Waals surface area contributed by atoms with Crippen LogP contribution in [0.2, 0.25) is 0 Å². The van der Waals surface area contributed by atoms with Crippen molar-refractivity contribution in [3.63, 3.8) is 0 Å². The number of nitrogens with zero attached hydrogens (tertiary/aromatic N) is 4. The van der Waals surface area contributed by atoms with Crippen LogP contribution >= 0.6 is 0 Å². The number of amides is 1. The van der Waals surface area contributed by atoms with E-state index in [-0.39, 0.29) is 11.9 Å². The Morgan fingerprint density at radius 3 is 2.50 bits per heavy atom. The van der Waals surface area contributed by atoms with Crippen LogP contribution in [0.5, 0.6) is 0 Å². The minimum Gasteiger partial charge on any atom is -0.337 e. The Morgan fingerprint density at radius 2 is 1.88 bits per heavy atom. The number of rotatable bonds is 6. The summed E-state index contributed by atoms with van der Waals surface area (Å²) in [4.78, 5) is 18.0. The van der Waals surface area contributed by atoms with Gasteiger partial charge in [-0.25, -0.2) is 0 Å². The van der Waals surface area contributed by atoms with Crippen LogP contribution < -0.4 is 0 Å². The number of aromatic nitrogens is 2. The second kappa shape index (κ2) is 9.78. The maximum absolute atomic E-state index is 13.3. The number of likely N-dealkylation sites (N-methyl/N-ethyl adjacent to an activating group) is 1. The van der Waals surface area contributed by atoms with Crippen molar-refractivity contribution in [3.05, 3.63) is 53.9 Å². The topological polar surface area (TPSA) is 41.4 Å². The number of hydrogen-bond acceptors (Lipinski definition) is 3. The first-order valence-electron chi connectivity index (χ1n) is 12.4. The van der Waals surface area contributed by atoms with Gasteiger partial charge in [0, 0.05) is 32.4 Å². The second-order valence-electron chi connectivity index (χ2n) is 10.8. The highest BCUT2D eigenvalue weighted by Crippen LogP contribution is 2.39. The van der Waals surface area contributed by atoms with E-state index in [4.69, 9.17) is 0 Å². The molecule has 1 aromatic heterocycles. The average molecular weight is 437 g/mol. The van der Waals surface area contributed by atoms with E-state index in [9.17, 15) is 4.79 Å². The van der Waals surface area contributed by atoms with E-state index in [1.807, 2.05) is 31.3 Å². The monoisotopic (exact) mass is 436 g/mol. The van der Waals surface area contributed by atoms with Gasteiger partial charge in [-0.05, 0) is 74.6 Å². The van der Waals surface area contributed by atoms with Crippen LogP contribution in [0.4, 0.5) is 0 Å². The average Bonchev–Trinajstić information content (AvgIpc) is 3.23. The highest BCUT2D eigenvalue weighted by molar-refractivity contribution is 5.92. The molecule has 2 heterocycles. The van der Waals surface area contributed by atoms with Crippen molar-refractivity contribution in [3.8, 4) is 0 Å². The molecule has 174 valence electrons. The van der Waals surface area contributed by atoms with E-state index in [0.717, 1.165) is 38.4 Å². The quantitative estimate of drug-likeness (QED) is 0.654. The van der Waals surface area contributed by atoms with Crippen molar-refractivity contribution >= 4 is 5.91 Å². The van der Waals surface area contributed by atoms with Crippen LogP contribution in [0, 0.1) is 11.3 Å². The molecule has 0 spiro atoms. The van der Waals surface area contributed by atoms with Crippen LogP contribution in [-0.2, 0) is 13.5 Å². The summed E-state index contributed by atoms with van der Waals surface area (Å²) in [6, 6.07) is 13.4. The largest absolute Gasteiger partial charge is 0.337 e. The summed E-state index contributed by atoms with van der Waals surface area (Å²) >= 11 is 0. The molecule has 2 unspecified atom stereocenters. The van der Waals surface area contributed by atoms with Crippen molar-refractivity contribution in [2.45, 2.75) is 70.9 Å². The zero-order valence-corrected chi connectivity index (χ0v) is 20.3. The Morgan fingerprint density at radius 1 is 1.16 bits per heavy atom. The molecule has 0 radical (unpaired) electrons. The van der Waals surface area contributed by atoms with Crippen molar-refractivity contribution in [2.75, 3.05) is 20.1 Å². The zero-order chi connectivity index (χ0) is 22.7. The number of hydrogen-bond donors (Lipinski definition) is 0. The molecule has 2 atom stereocenters. The summed E-state index contributed by atoms with van der Waals surface area (Å²) < 4.78 is 1.71. The van der Waals surface area contributed by atoms with Gasteiger partial charge < -0.3 is 9.80 Å². The smallest absolute Gasteiger partial charge is 0.274 e. The van der Waals surface area contributed by atoms with Gasteiger partial charge in [0.05, 0.1) is 0 Å². The van der Waals surface area contributed by atoms with Gasteiger partial charge in [-0.1, -0.05) is 50.6 Å². The van der Waals surface area contributed by atoms with E-state index in [0.29, 0.717) is 17.0 Å². The molecule has 1 aromatic carbocycles. The number of likely N-dealkylation sites (tertiary alicyclic amines) is 1. The molecular weight excluding hydrogens is 396 g/mol. The molecule has 1 aliphatic carbocycles. The minimum absolute atomic E-state index is 0.0305. The number of aryl methyl sites for hydroxylation is 1. The third kappa shape index (κ3) is 5.43. The number of carbonyl (C=O) groups is 1. The molecule has 0 N–H and O–H groups in total. The normalized spacial score (nSPS) is 23.1. The lowest BCUT2D eigenvalue weighted by Crippen LogP contribution is -2.50. The van der Waals surface area contributed by atoms with Crippen molar-refractivity contribution < 1.29 is 4.79 Å². The molecule has 1 saturated carbocycles. The van der Waals surface area contributed by atoms with Gasteiger partial charge in [-0.2, -0.15) is 5.10 Å². The van der Waals surface area contributed by atoms with Crippen molar-refractivity contribution in [1.82, 2.24) is 19.6 Å². The van der Waals surface area contributed by atoms with Gasteiger partial charge in [0.1, 0.15) is 5.69 Å². The zero-order valence-electron chi connectivity index (χ0n) is 20.3. The van der Waals surface area contributed by atoms with E-state index in [1.54, 1.807) is 4.68 Å². The highest BCUT2D eigenvalue weighted by Gasteiger charge is 2.36. The fourth-order valence-corrected chi connectivity index (χ4v) is 5.98. The van der Waals surface area contributed by atoms with Gasteiger partial charge in [0.15, 0.2) is 0 Å². The Kier molecular flexibility index (Phi) is 7.04. The first-order chi connectivity index (χ1) is 15.3. The van der Waals surface area contributed by atoms with Crippen molar-refractivity contribution in [2.24, 2.45) is 18.4 Å². The van der Waals surface area contributed by atoms with Gasteiger partial charge in [0.2, 0.25) is 0 Å². The van der Waals surface area contributed by atoms with Crippen LogP contribution in [0.25, 0.3) is 0 Å². The highest BCUT2D eigenvalue weighted by atomic mass is 16.2. The van der Waals surface area contributed by atoms with Crippen LogP contribution in [0.15, 0.2) is 42.6 Å². The van der Waals surface area contributed by atoms with Crippen LogP contribution in [0.1, 0.15) is 68.4 Å². The minimum atomic E-state index is 0.0305. The molecule has 1 amide bonds. The second-order valence-corrected chi connectivity index (χ2v) is 10.8. The molecule has 1 saturated heterocycles. The Bertz CT molecular complexity index is 882. The summed E-state index contributed by atoms with van der Waals surface area (Å²) in [6.45, 7) is 7.17. The molecule has 0 bridgehead atoms. The Hall–Kier alpha value is -2.14. The molecule has 4 rings (SSSR count). The fourth-order valence-electron chi connectivity index (χ4n) is 5.98. The molecule has 32 heavy (non-hydrogen) atoms. The van der Waals surface area contributed by atoms with E-state index in [2.05, 4.69) is 54.2 Å². The lowest BCUT2D eigenvalue weighted by atomic mass is 9.74. The van der Waals surface area contributed by atoms with Crippen LogP contribution in [0.3, 0.4) is 0 Å². The summed E-state index contributed by atoms with van der Waals surface area (Å²) in [6.07, 6.45) is 10.5. The lowest BCUT2D eigenvalue weighted by Gasteiger charge is -2.46. The Labute approximate surface area is 193 Å². The summed E-state index contributed by atoms with van der Waals surface area (Å²) in [5, 5.41) is 4.37. The van der Waals surface area contributed by atoms with Gasteiger partial charge >= 0.3 is 0 Å². The van der Waals surface area contributed by atoms with Gasteiger partial charge in [-0.3, -0.25) is 9.48 Å². The first-order valence-corrected chi connectivity index (χ1v) is 12.4. The maximum Gasteiger partial charge on any atom is 0.274 e. The molecule has 5 nitrogen and oxygen atoms in total. The molecule has 2 aromatic rings. The molecule has 1 aliphatic heterocycles. The molecule has 2 fully saturated rings. The summed E-state index contributed by atoms with van der Waals surface area (Å²) in [5.41, 5.74) is 2.31. The lowest BCUT2D eigenvalue weighted by molar-refractivity contribution is 0.0384. The van der Waals surface area contributed by atoms with E-state index < -0.39 is 0 Å². The SMILES string of the molecule is CN(C(=O)c1ccn(C)n1)C(Cc1ccccc1)C1CCN(C2CCCC(C)(C)C2)CC1.